The number of anilines is 1. The van der Waals surface area contributed by atoms with E-state index in [-0.39, 0.29) is 18.0 Å². The molecule has 0 bridgehead atoms. The molecule has 4 rings (SSSR count). The number of amides is 3. The van der Waals surface area contributed by atoms with E-state index in [0.717, 1.165) is 63.2 Å². The average Bonchev–Trinajstić information content (AvgIpc) is 3.38. The van der Waals surface area contributed by atoms with E-state index >= 15 is 0 Å². The third kappa shape index (κ3) is 5.52. The summed E-state index contributed by atoms with van der Waals surface area (Å²) in [5.74, 6) is 0.936. The summed E-state index contributed by atoms with van der Waals surface area (Å²) in [5.41, 5.74) is 2.80. The van der Waals surface area contributed by atoms with Crippen molar-refractivity contribution >= 4 is 17.6 Å². The van der Waals surface area contributed by atoms with Gasteiger partial charge >= 0.3 is 6.03 Å². The first-order valence-corrected chi connectivity index (χ1v) is 11.4. The molecule has 7 nitrogen and oxygen atoms in total. The van der Waals surface area contributed by atoms with Crippen LogP contribution in [0.15, 0.2) is 48.5 Å². The van der Waals surface area contributed by atoms with Crippen molar-refractivity contribution < 1.29 is 14.3 Å². The Kier molecular flexibility index (Phi) is 7.14. The Morgan fingerprint density at radius 2 is 1.72 bits per heavy atom. The fourth-order valence-electron chi connectivity index (χ4n) is 4.41. The van der Waals surface area contributed by atoms with Crippen LogP contribution in [-0.2, 0) is 6.54 Å². The number of ether oxygens (including phenoxy) is 1. The lowest BCUT2D eigenvalue weighted by Gasteiger charge is -2.34. The molecule has 3 amide bonds. The molecule has 32 heavy (non-hydrogen) atoms. The number of hydrogen-bond acceptors (Lipinski definition) is 4. The molecule has 0 atom stereocenters. The van der Waals surface area contributed by atoms with Crippen LogP contribution >= 0.6 is 0 Å². The second-order valence-corrected chi connectivity index (χ2v) is 8.49. The number of urea groups is 1. The molecule has 2 aliphatic rings. The zero-order valence-electron chi connectivity index (χ0n) is 18.7. The summed E-state index contributed by atoms with van der Waals surface area (Å²) in [6.45, 7) is 3.87. The quantitative estimate of drug-likeness (QED) is 0.728. The summed E-state index contributed by atoms with van der Waals surface area (Å²) in [4.78, 5) is 29.2. The predicted molar refractivity (Wildman–Crippen MR) is 125 cm³/mol. The van der Waals surface area contributed by atoms with Gasteiger partial charge in [0.05, 0.1) is 7.11 Å². The molecule has 170 valence electrons. The first-order valence-electron chi connectivity index (χ1n) is 11.4. The Morgan fingerprint density at radius 1 is 1.00 bits per heavy atom. The van der Waals surface area contributed by atoms with Gasteiger partial charge in [-0.2, -0.15) is 0 Å². The van der Waals surface area contributed by atoms with Gasteiger partial charge in [0.25, 0.3) is 5.91 Å². The van der Waals surface area contributed by atoms with Crippen LogP contribution in [0.2, 0.25) is 0 Å². The van der Waals surface area contributed by atoms with Gasteiger partial charge in [0, 0.05) is 50.0 Å². The van der Waals surface area contributed by atoms with Gasteiger partial charge in [-0.25, -0.2) is 4.79 Å². The molecule has 0 unspecified atom stereocenters. The van der Waals surface area contributed by atoms with E-state index in [9.17, 15) is 9.59 Å². The monoisotopic (exact) mass is 436 g/mol. The van der Waals surface area contributed by atoms with Crippen LogP contribution < -0.4 is 20.3 Å². The zero-order valence-corrected chi connectivity index (χ0v) is 18.7. The first kappa shape index (κ1) is 22.0. The van der Waals surface area contributed by atoms with Crippen LogP contribution in [0.25, 0.3) is 0 Å². The van der Waals surface area contributed by atoms with Crippen molar-refractivity contribution in [3.63, 3.8) is 0 Å². The minimum atomic E-state index is -0.163. The molecular formula is C25H32N4O3. The normalized spacial score (nSPS) is 16.7. The SMILES string of the molecule is COc1ccc(N2CCC(NC(=O)NCc3cccc(C(=O)N4CCCC4)c3)CC2)cc1. The van der Waals surface area contributed by atoms with E-state index in [1.165, 1.54) is 5.69 Å². The van der Waals surface area contributed by atoms with Gasteiger partial charge in [-0.3, -0.25) is 4.79 Å². The second-order valence-electron chi connectivity index (χ2n) is 8.49. The number of carbonyl (C=O) groups excluding carboxylic acids is 2. The molecule has 0 aliphatic carbocycles. The molecule has 7 heteroatoms. The number of likely N-dealkylation sites (tertiary alicyclic amines) is 1. The maximum atomic E-state index is 12.6. The zero-order chi connectivity index (χ0) is 22.3. The highest BCUT2D eigenvalue weighted by Gasteiger charge is 2.22. The van der Waals surface area contributed by atoms with Crippen molar-refractivity contribution in [3.05, 3.63) is 59.7 Å². The fourth-order valence-corrected chi connectivity index (χ4v) is 4.41. The van der Waals surface area contributed by atoms with Crippen molar-refractivity contribution in [2.45, 2.75) is 38.3 Å². The van der Waals surface area contributed by atoms with E-state index in [1.807, 2.05) is 41.3 Å². The summed E-state index contributed by atoms with van der Waals surface area (Å²) < 4.78 is 5.22. The van der Waals surface area contributed by atoms with Crippen molar-refractivity contribution in [2.24, 2.45) is 0 Å². The molecule has 2 fully saturated rings. The van der Waals surface area contributed by atoms with Crippen LogP contribution in [0.4, 0.5) is 10.5 Å². The van der Waals surface area contributed by atoms with Crippen molar-refractivity contribution in [3.8, 4) is 5.75 Å². The number of nitrogens with one attached hydrogen (secondary N) is 2. The summed E-state index contributed by atoms with van der Waals surface area (Å²) in [7, 11) is 1.67. The molecule has 2 aromatic rings. The lowest BCUT2D eigenvalue weighted by molar-refractivity contribution is 0.0792. The summed E-state index contributed by atoms with van der Waals surface area (Å²) in [5, 5.41) is 6.02. The van der Waals surface area contributed by atoms with Crippen LogP contribution in [0, 0.1) is 0 Å². The van der Waals surface area contributed by atoms with E-state index < -0.39 is 0 Å². The molecule has 2 heterocycles. The number of carbonyl (C=O) groups is 2. The second kappa shape index (κ2) is 10.4. The molecule has 0 aromatic heterocycles. The van der Waals surface area contributed by atoms with Crippen LogP contribution in [0.5, 0.6) is 5.75 Å². The number of benzene rings is 2. The van der Waals surface area contributed by atoms with Crippen LogP contribution in [-0.4, -0.2) is 56.2 Å². The van der Waals surface area contributed by atoms with Crippen molar-refractivity contribution in [1.29, 1.82) is 0 Å². The minimum absolute atomic E-state index is 0.0809. The largest absolute Gasteiger partial charge is 0.497 e. The van der Waals surface area contributed by atoms with Gasteiger partial charge in [-0.05, 0) is 67.6 Å². The van der Waals surface area contributed by atoms with E-state index in [1.54, 1.807) is 7.11 Å². The Morgan fingerprint density at radius 3 is 2.41 bits per heavy atom. The molecule has 0 saturated carbocycles. The van der Waals surface area contributed by atoms with Crippen LogP contribution in [0.1, 0.15) is 41.6 Å². The number of nitrogens with zero attached hydrogens (tertiary/aromatic N) is 2. The maximum Gasteiger partial charge on any atom is 0.315 e. The van der Waals surface area contributed by atoms with E-state index in [2.05, 4.69) is 27.7 Å². The molecule has 2 aromatic carbocycles. The van der Waals surface area contributed by atoms with E-state index in [4.69, 9.17) is 4.74 Å². The topological polar surface area (TPSA) is 73.9 Å². The van der Waals surface area contributed by atoms with Crippen LogP contribution in [0.3, 0.4) is 0 Å². The van der Waals surface area contributed by atoms with Gasteiger partial charge in [0.15, 0.2) is 0 Å². The van der Waals surface area contributed by atoms with E-state index in [0.29, 0.717) is 12.1 Å². The Bertz CT molecular complexity index is 917. The number of hydrogen-bond donors (Lipinski definition) is 2. The van der Waals surface area contributed by atoms with Crippen molar-refractivity contribution in [2.75, 3.05) is 38.2 Å². The first-order chi connectivity index (χ1) is 15.6. The maximum absolute atomic E-state index is 12.6. The number of methoxy groups -OCH3 is 1. The molecule has 2 aliphatic heterocycles. The third-order valence-corrected chi connectivity index (χ3v) is 6.29. The highest BCUT2D eigenvalue weighted by molar-refractivity contribution is 5.94. The summed E-state index contributed by atoms with van der Waals surface area (Å²) in [6, 6.07) is 15.6. The standard InChI is InChI=1S/C25H32N4O3/c1-32-23-9-7-22(8-10-23)28-15-11-21(12-16-28)27-25(31)26-18-19-5-4-6-20(17-19)24(30)29-13-2-3-14-29/h4-10,17,21H,2-3,11-16,18H2,1H3,(H2,26,27,31). The van der Waals surface area contributed by atoms with Gasteiger partial charge in [-0.15, -0.1) is 0 Å². The Hall–Kier alpha value is -3.22. The van der Waals surface area contributed by atoms with Gasteiger partial charge in [-0.1, -0.05) is 12.1 Å². The summed E-state index contributed by atoms with van der Waals surface area (Å²) >= 11 is 0. The van der Waals surface area contributed by atoms with Crippen molar-refractivity contribution in [1.82, 2.24) is 15.5 Å². The average molecular weight is 437 g/mol. The molecule has 2 N–H and O–H groups in total. The molecule has 0 spiro atoms. The minimum Gasteiger partial charge on any atom is -0.497 e. The predicted octanol–water partition coefficient (Wildman–Crippen LogP) is 3.40. The highest BCUT2D eigenvalue weighted by Crippen LogP contribution is 2.23. The summed E-state index contributed by atoms with van der Waals surface area (Å²) in [6.07, 6.45) is 3.96. The lowest BCUT2D eigenvalue weighted by atomic mass is 10.0. The fraction of sp³-hybridized carbons (Fsp3) is 0.440. The lowest BCUT2D eigenvalue weighted by Crippen LogP contribution is -2.47. The Balaban J connectivity index is 1.22. The molecular weight excluding hydrogens is 404 g/mol. The highest BCUT2D eigenvalue weighted by atomic mass is 16.5. The van der Waals surface area contributed by atoms with Gasteiger partial charge in [0.1, 0.15) is 5.75 Å². The molecule has 0 radical (unpaired) electrons. The van der Waals surface area contributed by atoms with Gasteiger partial charge < -0.3 is 25.2 Å². The molecule has 2 saturated heterocycles. The third-order valence-electron chi connectivity index (χ3n) is 6.29. The Labute approximate surface area is 189 Å². The smallest absolute Gasteiger partial charge is 0.315 e. The number of rotatable bonds is 6. The number of piperidine rings is 1. The van der Waals surface area contributed by atoms with Gasteiger partial charge in [0.2, 0.25) is 0 Å².